The van der Waals surface area contributed by atoms with Crippen LogP contribution in [0.15, 0.2) is 42.5 Å². The molecule has 2 aromatic rings. The highest BCUT2D eigenvalue weighted by molar-refractivity contribution is 5.95. The molecule has 0 aliphatic rings. The predicted molar refractivity (Wildman–Crippen MR) is 68.1 cm³/mol. The topological polar surface area (TPSA) is 59.1 Å². The molecule has 19 heavy (non-hydrogen) atoms. The Hall–Kier alpha value is -2.43. The lowest BCUT2D eigenvalue weighted by atomic mass is 10.2. The zero-order valence-electron chi connectivity index (χ0n) is 9.99. The van der Waals surface area contributed by atoms with Crippen LogP contribution >= 0.6 is 0 Å². The van der Waals surface area contributed by atoms with Gasteiger partial charge in [-0.2, -0.15) is 0 Å². The Kier molecular flexibility index (Phi) is 3.75. The first-order chi connectivity index (χ1) is 9.06. The minimum absolute atomic E-state index is 0.0364. The van der Waals surface area contributed by atoms with Gasteiger partial charge in [0.05, 0.1) is 0 Å². The van der Waals surface area contributed by atoms with Gasteiger partial charge in [0.15, 0.2) is 11.6 Å². The molecule has 0 radical (unpaired) electrons. The van der Waals surface area contributed by atoms with E-state index in [0.29, 0.717) is 5.56 Å². The van der Waals surface area contributed by atoms with Crippen molar-refractivity contribution in [3.05, 3.63) is 65.2 Å². The third-order valence-corrected chi connectivity index (χ3v) is 2.53. The molecule has 2 aromatic carbocycles. The SMILES string of the molecule is N=C(N)c1ccc(OCc2cccc(F)c2)c(F)c1. The molecule has 0 aliphatic carbocycles. The summed E-state index contributed by atoms with van der Waals surface area (Å²) >= 11 is 0. The van der Waals surface area contributed by atoms with Gasteiger partial charge in [-0.3, -0.25) is 5.41 Å². The van der Waals surface area contributed by atoms with Crippen molar-refractivity contribution in [1.29, 1.82) is 5.41 Å². The van der Waals surface area contributed by atoms with Gasteiger partial charge in [-0.05, 0) is 35.9 Å². The number of amidine groups is 1. The molecule has 2 rings (SSSR count). The Balaban J connectivity index is 2.10. The van der Waals surface area contributed by atoms with Crippen LogP contribution in [-0.2, 0) is 6.61 Å². The van der Waals surface area contributed by atoms with Crippen molar-refractivity contribution in [3.63, 3.8) is 0 Å². The first-order valence-electron chi connectivity index (χ1n) is 5.57. The number of halogens is 2. The summed E-state index contributed by atoms with van der Waals surface area (Å²) in [7, 11) is 0. The quantitative estimate of drug-likeness (QED) is 0.657. The largest absolute Gasteiger partial charge is 0.486 e. The van der Waals surface area contributed by atoms with Crippen LogP contribution in [0.2, 0.25) is 0 Å². The van der Waals surface area contributed by atoms with Gasteiger partial charge in [0, 0.05) is 5.56 Å². The molecule has 3 N–H and O–H groups in total. The summed E-state index contributed by atoms with van der Waals surface area (Å²) < 4.78 is 31.8. The van der Waals surface area contributed by atoms with Gasteiger partial charge >= 0.3 is 0 Å². The summed E-state index contributed by atoms with van der Waals surface area (Å²) in [5, 5.41) is 7.19. The van der Waals surface area contributed by atoms with E-state index in [9.17, 15) is 8.78 Å². The van der Waals surface area contributed by atoms with Gasteiger partial charge in [0.2, 0.25) is 0 Å². The first-order valence-corrected chi connectivity index (χ1v) is 5.57. The summed E-state index contributed by atoms with van der Waals surface area (Å²) in [6.45, 7) is 0.0636. The standard InChI is InChI=1S/C14H12F2N2O/c15-11-3-1-2-9(6-11)8-19-13-5-4-10(14(17)18)7-12(13)16/h1-7H,8H2,(H3,17,18). The van der Waals surface area contributed by atoms with E-state index in [-0.39, 0.29) is 29.6 Å². The Bertz CT molecular complexity index is 614. The molecule has 0 saturated heterocycles. The maximum absolute atomic E-state index is 13.6. The molecule has 5 heteroatoms. The fourth-order valence-corrected chi connectivity index (χ4v) is 1.57. The molecule has 0 saturated carbocycles. The van der Waals surface area contributed by atoms with Crippen LogP contribution in [0.25, 0.3) is 0 Å². The normalized spacial score (nSPS) is 10.2. The molecule has 98 valence electrons. The van der Waals surface area contributed by atoms with E-state index in [1.54, 1.807) is 12.1 Å². The molecule has 0 atom stereocenters. The number of rotatable bonds is 4. The number of nitrogens with two attached hydrogens (primary N) is 1. The highest BCUT2D eigenvalue weighted by Crippen LogP contribution is 2.19. The average Bonchev–Trinajstić information content (AvgIpc) is 2.37. The lowest BCUT2D eigenvalue weighted by Gasteiger charge is -2.08. The maximum atomic E-state index is 13.6. The first kappa shape index (κ1) is 13.0. The fourth-order valence-electron chi connectivity index (χ4n) is 1.57. The number of hydrogen-bond donors (Lipinski definition) is 2. The van der Waals surface area contributed by atoms with Crippen LogP contribution in [0.4, 0.5) is 8.78 Å². The number of ether oxygens (including phenoxy) is 1. The molecular weight excluding hydrogens is 250 g/mol. The van der Waals surface area contributed by atoms with Gasteiger partial charge in [-0.1, -0.05) is 12.1 Å². The Morgan fingerprint density at radius 3 is 2.58 bits per heavy atom. The summed E-state index contributed by atoms with van der Waals surface area (Å²) in [4.78, 5) is 0. The smallest absolute Gasteiger partial charge is 0.165 e. The zero-order chi connectivity index (χ0) is 13.8. The van der Waals surface area contributed by atoms with Crippen molar-refractivity contribution < 1.29 is 13.5 Å². The number of nitrogen functional groups attached to an aromatic ring is 1. The van der Waals surface area contributed by atoms with Crippen molar-refractivity contribution in [2.45, 2.75) is 6.61 Å². The molecule has 0 amide bonds. The monoisotopic (exact) mass is 262 g/mol. The number of nitrogens with one attached hydrogen (secondary N) is 1. The van der Waals surface area contributed by atoms with E-state index in [1.807, 2.05) is 0 Å². The highest BCUT2D eigenvalue weighted by Gasteiger charge is 2.07. The van der Waals surface area contributed by atoms with Gasteiger partial charge in [0.1, 0.15) is 18.3 Å². The Morgan fingerprint density at radius 2 is 1.95 bits per heavy atom. The van der Waals surface area contributed by atoms with E-state index >= 15 is 0 Å². The van der Waals surface area contributed by atoms with Crippen LogP contribution in [0.3, 0.4) is 0 Å². The Morgan fingerprint density at radius 1 is 1.16 bits per heavy atom. The second-order valence-electron chi connectivity index (χ2n) is 3.98. The molecule has 0 spiro atoms. The van der Waals surface area contributed by atoms with Crippen molar-refractivity contribution in [2.24, 2.45) is 5.73 Å². The second-order valence-corrected chi connectivity index (χ2v) is 3.98. The predicted octanol–water partition coefficient (Wildman–Crippen LogP) is 2.83. The van der Waals surface area contributed by atoms with Gasteiger partial charge in [0.25, 0.3) is 0 Å². The molecule has 0 aliphatic heterocycles. The maximum Gasteiger partial charge on any atom is 0.165 e. The number of benzene rings is 2. The summed E-state index contributed by atoms with van der Waals surface area (Å²) in [5.74, 6) is -1.15. The fraction of sp³-hybridized carbons (Fsp3) is 0.0714. The molecule has 3 nitrogen and oxygen atoms in total. The van der Waals surface area contributed by atoms with E-state index in [4.69, 9.17) is 15.9 Å². The van der Waals surface area contributed by atoms with Crippen LogP contribution < -0.4 is 10.5 Å². The molecule has 0 heterocycles. The minimum Gasteiger partial charge on any atom is -0.486 e. The van der Waals surface area contributed by atoms with Crippen molar-refractivity contribution in [1.82, 2.24) is 0 Å². The van der Waals surface area contributed by atoms with E-state index in [2.05, 4.69) is 0 Å². The lowest BCUT2D eigenvalue weighted by molar-refractivity contribution is 0.290. The van der Waals surface area contributed by atoms with Crippen molar-refractivity contribution >= 4 is 5.84 Å². The van der Waals surface area contributed by atoms with E-state index in [0.717, 1.165) is 6.07 Å². The van der Waals surface area contributed by atoms with Crippen LogP contribution in [0.5, 0.6) is 5.75 Å². The molecule has 0 unspecified atom stereocenters. The third-order valence-electron chi connectivity index (χ3n) is 2.53. The highest BCUT2D eigenvalue weighted by atomic mass is 19.1. The molecule has 0 aromatic heterocycles. The Labute approximate surface area is 109 Å². The van der Waals surface area contributed by atoms with Gasteiger partial charge < -0.3 is 10.5 Å². The number of hydrogen-bond acceptors (Lipinski definition) is 2. The van der Waals surface area contributed by atoms with Crippen LogP contribution in [-0.4, -0.2) is 5.84 Å². The molecule has 0 bridgehead atoms. The third kappa shape index (κ3) is 3.28. The lowest BCUT2D eigenvalue weighted by Crippen LogP contribution is -2.11. The van der Waals surface area contributed by atoms with Crippen molar-refractivity contribution in [2.75, 3.05) is 0 Å². The van der Waals surface area contributed by atoms with Crippen LogP contribution in [0, 0.1) is 17.0 Å². The molecular formula is C14H12F2N2O. The van der Waals surface area contributed by atoms with Gasteiger partial charge in [-0.25, -0.2) is 8.78 Å². The van der Waals surface area contributed by atoms with Crippen molar-refractivity contribution in [3.8, 4) is 5.75 Å². The molecule has 0 fully saturated rings. The van der Waals surface area contributed by atoms with E-state index < -0.39 is 5.82 Å². The minimum atomic E-state index is -0.607. The zero-order valence-corrected chi connectivity index (χ0v) is 9.99. The van der Waals surface area contributed by atoms with Crippen LogP contribution in [0.1, 0.15) is 11.1 Å². The summed E-state index contributed by atoms with van der Waals surface area (Å²) in [6, 6.07) is 9.91. The van der Waals surface area contributed by atoms with E-state index in [1.165, 1.54) is 24.3 Å². The summed E-state index contributed by atoms with van der Waals surface area (Å²) in [6.07, 6.45) is 0. The average molecular weight is 262 g/mol. The van der Waals surface area contributed by atoms with Gasteiger partial charge in [-0.15, -0.1) is 0 Å². The summed E-state index contributed by atoms with van der Waals surface area (Å²) in [5.41, 5.74) is 6.14. The second kappa shape index (κ2) is 5.48.